The molecule has 4 radical (unpaired) electrons. The Bertz CT molecular complexity index is 565. The first-order chi connectivity index (χ1) is 10.9. The van der Waals surface area contributed by atoms with Gasteiger partial charge in [-0.2, -0.15) is 0 Å². The van der Waals surface area contributed by atoms with Crippen molar-refractivity contribution in [2.24, 2.45) is 0 Å². The highest BCUT2D eigenvalue weighted by atomic mass is 16.6. The number of Topliss-reactive ketones (excluding diaryl/α,β-unsaturated/α-hetero) is 1. The van der Waals surface area contributed by atoms with E-state index >= 15 is 0 Å². The second kappa shape index (κ2) is 9.16. The molecule has 9 heteroatoms. The SMILES string of the molecule is [B]C([B])(C#CC(=O)OC(C)(C)C)OC(=O)C(=O)CCC(=O)OCC. The topological polar surface area (TPSA) is 96.0 Å². The third-order valence-corrected chi connectivity index (χ3v) is 2.11. The van der Waals surface area contributed by atoms with Crippen LogP contribution in [0, 0.1) is 11.8 Å². The fourth-order valence-corrected chi connectivity index (χ4v) is 1.24. The van der Waals surface area contributed by atoms with Gasteiger partial charge in [-0.05, 0) is 27.7 Å². The lowest BCUT2D eigenvalue weighted by atomic mass is 9.65. The van der Waals surface area contributed by atoms with Gasteiger partial charge in [0, 0.05) is 12.3 Å². The Morgan fingerprint density at radius 2 is 1.58 bits per heavy atom. The van der Waals surface area contributed by atoms with E-state index in [1.807, 2.05) is 11.8 Å². The first kappa shape index (κ1) is 21.8. The van der Waals surface area contributed by atoms with Crippen LogP contribution < -0.4 is 0 Å². The third-order valence-electron chi connectivity index (χ3n) is 2.11. The highest BCUT2D eigenvalue weighted by Gasteiger charge is 2.25. The van der Waals surface area contributed by atoms with Crippen LogP contribution in [0.15, 0.2) is 0 Å². The Morgan fingerprint density at radius 1 is 1.00 bits per heavy atom. The average Bonchev–Trinajstić information content (AvgIpc) is 2.40. The van der Waals surface area contributed by atoms with Crippen LogP contribution in [0.25, 0.3) is 0 Å². The summed E-state index contributed by atoms with van der Waals surface area (Å²) in [5, 5.41) is -2.35. The molecule has 0 amide bonds. The monoisotopic (exact) mass is 332 g/mol. The molecular formula is C15H18B2O7. The van der Waals surface area contributed by atoms with E-state index in [-0.39, 0.29) is 13.0 Å². The van der Waals surface area contributed by atoms with Crippen molar-refractivity contribution in [3.05, 3.63) is 0 Å². The van der Waals surface area contributed by atoms with Crippen LogP contribution in [0.4, 0.5) is 0 Å². The molecule has 0 saturated heterocycles. The first-order valence-electron chi connectivity index (χ1n) is 7.12. The van der Waals surface area contributed by atoms with E-state index in [0.717, 1.165) is 0 Å². The molecule has 0 heterocycles. The number of hydrogen-bond donors (Lipinski definition) is 0. The number of carbonyl (C=O) groups is 4. The molecule has 0 saturated carbocycles. The van der Waals surface area contributed by atoms with Crippen molar-refractivity contribution in [2.45, 2.75) is 51.5 Å². The summed E-state index contributed by atoms with van der Waals surface area (Å²) in [5.74, 6) is 0.0122. The minimum atomic E-state index is -2.35. The van der Waals surface area contributed by atoms with Crippen LogP contribution in [-0.4, -0.2) is 57.0 Å². The van der Waals surface area contributed by atoms with Crippen molar-refractivity contribution in [2.75, 3.05) is 6.61 Å². The van der Waals surface area contributed by atoms with Gasteiger partial charge in [0.05, 0.1) is 18.4 Å². The van der Waals surface area contributed by atoms with E-state index in [9.17, 15) is 19.2 Å². The lowest BCUT2D eigenvalue weighted by Crippen LogP contribution is -2.37. The van der Waals surface area contributed by atoms with E-state index in [1.54, 1.807) is 27.7 Å². The normalized spacial score (nSPS) is 10.8. The Balaban J connectivity index is 4.59. The Hall–Kier alpha value is -2.23. The lowest BCUT2D eigenvalue weighted by Gasteiger charge is -2.20. The molecule has 0 bridgehead atoms. The highest BCUT2D eigenvalue weighted by molar-refractivity contribution is 6.44. The number of ketones is 1. The molecule has 24 heavy (non-hydrogen) atoms. The van der Waals surface area contributed by atoms with Gasteiger partial charge < -0.3 is 14.2 Å². The second-order valence-corrected chi connectivity index (χ2v) is 5.66. The molecule has 7 nitrogen and oxygen atoms in total. The second-order valence-electron chi connectivity index (χ2n) is 5.66. The quantitative estimate of drug-likeness (QED) is 0.166. The summed E-state index contributed by atoms with van der Waals surface area (Å²) in [6.07, 6.45) is -0.708. The van der Waals surface area contributed by atoms with Crippen LogP contribution in [0.2, 0.25) is 0 Å². The summed E-state index contributed by atoms with van der Waals surface area (Å²) >= 11 is 0. The Kier molecular flexibility index (Phi) is 8.31. The van der Waals surface area contributed by atoms with E-state index < -0.39 is 41.1 Å². The molecule has 126 valence electrons. The van der Waals surface area contributed by atoms with Gasteiger partial charge in [-0.1, -0.05) is 5.92 Å². The van der Waals surface area contributed by atoms with E-state index in [1.165, 1.54) is 0 Å². The summed E-state index contributed by atoms with van der Waals surface area (Å²) in [5.41, 5.74) is -0.767. The van der Waals surface area contributed by atoms with Gasteiger partial charge in [0.1, 0.15) is 21.3 Å². The maximum absolute atomic E-state index is 11.5. The summed E-state index contributed by atoms with van der Waals surface area (Å²) < 4.78 is 14.0. The van der Waals surface area contributed by atoms with Crippen LogP contribution in [0.1, 0.15) is 40.5 Å². The zero-order valence-electron chi connectivity index (χ0n) is 14.1. The van der Waals surface area contributed by atoms with Gasteiger partial charge in [-0.15, -0.1) is 0 Å². The van der Waals surface area contributed by atoms with Crippen molar-refractivity contribution in [3.8, 4) is 11.8 Å². The van der Waals surface area contributed by atoms with Crippen molar-refractivity contribution in [1.29, 1.82) is 0 Å². The van der Waals surface area contributed by atoms with Crippen molar-refractivity contribution >= 4 is 39.4 Å². The van der Waals surface area contributed by atoms with Crippen molar-refractivity contribution in [3.63, 3.8) is 0 Å². The summed E-state index contributed by atoms with van der Waals surface area (Å²) in [4.78, 5) is 45.6. The van der Waals surface area contributed by atoms with Crippen LogP contribution in [0.3, 0.4) is 0 Å². The maximum atomic E-state index is 11.5. The minimum Gasteiger partial charge on any atom is -0.466 e. The molecule has 0 aliphatic heterocycles. The largest absolute Gasteiger partial charge is 0.466 e. The van der Waals surface area contributed by atoms with Gasteiger partial charge in [-0.3, -0.25) is 9.59 Å². The fraction of sp³-hybridized carbons (Fsp3) is 0.600. The summed E-state index contributed by atoms with van der Waals surface area (Å²) in [7, 11) is 10.8. The minimum absolute atomic E-state index is 0.159. The standard InChI is InChI=1S/C15H18B2O7/c1-5-22-11(19)7-6-10(18)13(21)24-15(16,17)9-8-12(20)23-14(2,3)4/h5-7H2,1-4H3. The van der Waals surface area contributed by atoms with Crippen LogP contribution in [0.5, 0.6) is 0 Å². The number of ether oxygens (including phenoxy) is 3. The highest BCUT2D eigenvalue weighted by Crippen LogP contribution is 2.07. The molecule has 0 aliphatic rings. The molecule has 0 aliphatic carbocycles. The van der Waals surface area contributed by atoms with E-state index in [0.29, 0.717) is 0 Å². The molecule has 0 aromatic rings. The van der Waals surface area contributed by atoms with Gasteiger partial charge >= 0.3 is 17.9 Å². The third kappa shape index (κ3) is 10.5. The molecule has 0 unspecified atom stereocenters. The molecular weight excluding hydrogens is 314 g/mol. The fourth-order valence-electron chi connectivity index (χ4n) is 1.24. The van der Waals surface area contributed by atoms with Crippen LogP contribution in [-0.2, 0) is 33.4 Å². The van der Waals surface area contributed by atoms with Gasteiger partial charge in [-0.25, -0.2) is 9.59 Å². The van der Waals surface area contributed by atoms with Crippen molar-refractivity contribution in [1.82, 2.24) is 0 Å². The lowest BCUT2D eigenvalue weighted by molar-refractivity contribution is -0.156. The summed E-state index contributed by atoms with van der Waals surface area (Å²) in [6, 6.07) is 0. The smallest absolute Gasteiger partial charge is 0.384 e. The van der Waals surface area contributed by atoms with Crippen LogP contribution >= 0.6 is 0 Å². The predicted octanol–water partition coefficient (Wildman–Crippen LogP) is -0.222. The van der Waals surface area contributed by atoms with E-state index in [4.69, 9.17) is 20.4 Å². The number of carbonyl (C=O) groups excluding carboxylic acids is 4. The predicted molar refractivity (Wildman–Crippen MR) is 84.8 cm³/mol. The zero-order valence-corrected chi connectivity index (χ0v) is 14.1. The number of rotatable bonds is 6. The van der Waals surface area contributed by atoms with E-state index in [2.05, 4.69) is 9.47 Å². The molecule has 0 rings (SSSR count). The molecule has 0 aromatic carbocycles. The Morgan fingerprint density at radius 3 is 2.08 bits per heavy atom. The Labute approximate surface area is 143 Å². The molecule has 0 fully saturated rings. The maximum Gasteiger partial charge on any atom is 0.384 e. The number of esters is 3. The van der Waals surface area contributed by atoms with Gasteiger partial charge in [0.2, 0.25) is 5.78 Å². The summed E-state index contributed by atoms with van der Waals surface area (Å²) in [6.45, 7) is 6.66. The van der Waals surface area contributed by atoms with Gasteiger partial charge in [0.15, 0.2) is 0 Å². The molecule has 0 spiro atoms. The molecule has 0 atom stereocenters. The average molecular weight is 332 g/mol. The molecule has 0 aromatic heterocycles. The first-order valence-corrected chi connectivity index (χ1v) is 7.12. The number of hydrogen-bond acceptors (Lipinski definition) is 7. The zero-order chi connectivity index (χ0) is 19.0. The van der Waals surface area contributed by atoms with Crippen molar-refractivity contribution < 1.29 is 33.4 Å². The van der Waals surface area contributed by atoms with Gasteiger partial charge in [0.25, 0.3) is 0 Å². The molecule has 0 N–H and O–H groups in total.